The average Bonchev–Trinajstić information content (AvgIpc) is 2.91. The van der Waals surface area contributed by atoms with Gasteiger partial charge in [0.05, 0.1) is 5.41 Å². The second-order valence-electron chi connectivity index (χ2n) is 6.80. The summed E-state index contributed by atoms with van der Waals surface area (Å²) in [7, 11) is 0. The van der Waals surface area contributed by atoms with Crippen LogP contribution in [0.2, 0.25) is 0 Å². The lowest BCUT2D eigenvalue weighted by molar-refractivity contribution is -0.137. The zero-order valence-electron chi connectivity index (χ0n) is 13.1. The Labute approximate surface area is 139 Å². The SMILES string of the molecule is Cl.NCC1CCCC1NC(=O)C1(Cc2ccccc2)CCC1. The van der Waals surface area contributed by atoms with Gasteiger partial charge in [0.2, 0.25) is 5.91 Å². The average molecular weight is 323 g/mol. The van der Waals surface area contributed by atoms with E-state index >= 15 is 0 Å². The number of rotatable bonds is 5. The van der Waals surface area contributed by atoms with Gasteiger partial charge in [0, 0.05) is 6.04 Å². The molecule has 0 aromatic heterocycles. The molecule has 0 aliphatic heterocycles. The van der Waals surface area contributed by atoms with E-state index in [2.05, 4.69) is 29.6 Å². The summed E-state index contributed by atoms with van der Waals surface area (Å²) in [5, 5.41) is 3.32. The van der Waals surface area contributed by atoms with E-state index < -0.39 is 0 Å². The molecule has 0 radical (unpaired) electrons. The molecule has 1 amide bonds. The van der Waals surface area contributed by atoms with E-state index in [1.807, 2.05) is 6.07 Å². The molecule has 0 spiro atoms. The van der Waals surface area contributed by atoms with Crippen LogP contribution in [0.3, 0.4) is 0 Å². The zero-order chi connectivity index (χ0) is 14.7. The van der Waals surface area contributed by atoms with Crippen molar-refractivity contribution in [1.82, 2.24) is 5.32 Å². The highest BCUT2D eigenvalue weighted by Gasteiger charge is 2.45. The number of nitrogens with one attached hydrogen (secondary N) is 1. The molecule has 0 saturated heterocycles. The maximum Gasteiger partial charge on any atom is 0.226 e. The van der Waals surface area contributed by atoms with Crippen LogP contribution in [-0.4, -0.2) is 18.5 Å². The highest BCUT2D eigenvalue weighted by Crippen LogP contribution is 2.44. The first-order valence-corrected chi connectivity index (χ1v) is 8.28. The molecule has 4 heteroatoms. The summed E-state index contributed by atoms with van der Waals surface area (Å²) in [5.41, 5.74) is 6.94. The molecule has 1 aromatic carbocycles. The normalized spacial score (nSPS) is 25.9. The lowest BCUT2D eigenvalue weighted by atomic mass is 9.64. The Balaban J connectivity index is 0.00000176. The molecule has 3 nitrogen and oxygen atoms in total. The molecule has 2 atom stereocenters. The van der Waals surface area contributed by atoms with E-state index in [1.165, 1.54) is 18.4 Å². The second-order valence-corrected chi connectivity index (χ2v) is 6.80. The van der Waals surface area contributed by atoms with Gasteiger partial charge in [-0.05, 0) is 50.1 Å². The third-order valence-corrected chi connectivity index (χ3v) is 5.46. The number of carbonyl (C=O) groups is 1. The van der Waals surface area contributed by atoms with E-state index in [-0.39, 0.29) is 23.7 Å². The maximum atomic E-state index is 12.8. The van der Waals surface area contributed by atoms with Gasteiger partial charge in [-0.3, -0.25) is 4.79 Å². The summed E-state index contributed by atoms with van der Waals surface area (Å²) in [6, 6.07) is 10.7. The van der Waals surface area contributed by atoms with Crippen LogP contribution < -0.4 is 11.1 Å². The highest BCUT2D eigenvalue weighted by molar-refractivity contribution is 5.85. The molecule has 0 heterocycles. The van der Waals surface area contributed by atoms with E-state index in [1.54, 1.807) is 0 Å². The molecule has 2 aliphatic carbocycles. The standard InChI is InChI=1S/C18H26N2O.ClH/c19-13-15-8-4-9-16(15)20-17(21)18(10-5-11-18)12-14-6-2-1-3-7-14;/h1-3,6-7,15-16H,4-5,8-13,19H2,(H,20,21);1H. The van der Waals surface area contributed by atoms with Crippen molar-refractivity contribution >= 4 is 18.3 Å². The van der Waals surface area contributed by atoms with Crippen molar-refractivity contribution in [3.63, 3.8) is 0 Å². The molecule has 3 rings (SSSR count). The Kier molecular flexibility index (Phi) is 5.87. The predicted octanol–water partition coefficient (Wildman–Crippen LogP) is 3.06. The van der Waals surface area contributed by atoms with Gasteiger partial charge in [-0.15, -0.1) is 12.4 Å². The van der Waals surface area contributed by atoms with Crippen molar-refractivity contribution in [2.45, 2.75) is 51.0 Å². The number of hydrogen-bond donors (Lipinski definition) is 2. The minimum atomic E-state index is -0.164. The third kappa shape index (κ3) is 3.47. The zero-order valence-corrected chi connectivity index (χ0v) is 13.9. The fourth-order valence-electron chi connectivity index (χ4n) is 3.90. The summed E-state index contributed by atoms with van der Waals surface area (Å²) < 4.78 is 0. The van der Waals surface area contributed by atoms with Crippen LogP contribution >= 0.6 is 12.4 Å². The van der Waals surface area contributed by atoms with Crippen LogP contribution in [0.15, 0.2) is 30.3 Å². The topological polar surface area (TPSA) is 55.1 Å². The van der Waals surface area contributed by atoms with Crippen LogP contribution in [-0.2, 0) is 11.2 Å². The predicted molar refractivity (Wildman–Crippen MR) is 92.0 cm³/mol. The number of hydrogen-bond acceptors (Lipinski definition) is 2. The lowest BCUT2D eigenvalue weighted by Crippen LogP contribution is -2.51. The molecule has 3 N–H and O–H groups in total. The maximum absolute atomic E-state index is 12.8. The molecule has 0 bridgehead atoms. The van der Waals surface area contributed by atoms with Crippen molar-refractivity contribution in [2.75, 3.05) is 6.54 Å². The molecule has 2 aliphatic rings. The Morgan fingerprint density at radius 1 is 1.18 bits per heavy atom. The summed E-state index contributed by atoms with van der Waals surface area (Å²) in [6.45, 7) is 0.691. The smallest absolute Gasteiger partial charge is 0.226 e. The second kappa shape index (κ2) is 7.47. The Morgan fingerprint density at radius 3 is 2.50 bits per heavy atom. The first-order valence-electron chi connectivity index (χ1n) is 8.28. The Bertz CT molecular complexity index is 487. The molecule has 2 saturated carbocycles. The van der Waals surface area contributed by atoms with Crippen molar-refractivity contribution in [3.05, 3.63) is 35.9 Å². The number of carbonyl (C=O) groups excluding carboxylic acids is 1. The fraction of sp³-hybridized carbons (Fsp3) is 0.611. The lowest BCUT2D eigenvalue weighted by Gasteiger charge is -2.41. The van der Waals surface area contributed by atoms with Gasteiger partial charge in [-0.1, -0.05) is 43.2 Å². The van der Waals surface area contributed by atoms with E-state index in [9.17, 15) is 4.79 Å². The van der Waals surface area contributed by atoms with Crippen molar-refractivity contribution < 1.29 is 4.79 Å². The van der Waals surface area contributed by atoms with Gasteiger partial charge < -0.3 is 11.1 Å². The van der Waals surface area contributed by atoms with Gasteiger partial charge >= 0.3 is 0 Å². The summed E-state index contributed by atoms with van der Waals surface area (Å²) in [5.74, 6) is 0.741. The van der Waals surface area contributed by atoms with Gasteiger partial charge in [-0.25, -0.2) is 0 Å². The molecule has 122 valence electrons. The molecule has 1 aromatic rings. The molecular formula is C18H27ClN2O. The Morgan fingerprint density at radius 2 is 1.91 bits per heavy atom. The van der Waals surface area contributed by atoms with Gasteiger partial charge in [-0.2, -0.15) is 0 Å². The van der Waals surface area contributed by atoms with Crippen LogP contribution in [0.5, 0.6) is 0 Å². The fourth-order valence-corrected chi connectivity index (χ4v) is 3.90. The van der Waals surface area contributed by atoms with Crippen LogP contribution in [0.25, 0.3) is 0 Å². The van der Waals surface area contributed by atoms with Crippen LogP contribution in [0.4, 0.5) is 0 Å². The number of halogens is 1. The van der Waals surface area contributed by atoms with E-state index in [0.717, 1.165) is 32.1 Å². The summed E-state index contributed by atoms with van der Waals surface area (Å²) in [6.07, 6.45) is 7.53. The minimum Gasteiger partial charge on any atom is -0.353 e. The van der Waals surface area contributed by atoms with Crippen molar-refractivity contribution in [2.24, 2.45) is 17.1 Å². The van der Waals surface area contributed by atoms with E-state index in [0.29, 0.717) is 18.5 Å². The molecule has 2 fully saturated rings. The van der Waals surface area contributed by atoms with Crippen LogP contribution in [0, 0.1) is 11.3 Å². The molecular weight excluding hydrogens is 296 g/mol. The first-order chi connectivity index (χ1) is 10.2. The number of nitrogens with two attached hydrogens (primary N) is 1. The quantitative estimate of drug-likeness (QED) is 0.875. The molecule has 22 heavy (non-hydrogen) atoms. The van der Waals surface area contributed by atoms with Gasteiger partial charge in [0.15, 0.2) is 0 Å². The van der Waals surface area contributed by atoms with Gasteiger partial charge in [0.25, 0.3) is 0 Å². The largest absolute Gasteiger partial charge is 0.353 e. The molecule has 2 unspecified atom stereocenters. The van der Waals surface area contributed by atoms with Crippen molar-refractivity contribution in [1.29, 1.82) is 0 Å². The first kappa shape index (κ1) is 17.3. The highest BCUT2D eigenvalue weighted by atomic mass is 35.5. The Hall–Kier alpha value is -1.06. The van der Waals surface area contributed by atoms with E-state index in [4.69, 9.17) is 5.73 Å². The van der Waals surface area contributed by atoms with Crippen molar-refractivity contribution in [3.8, 4) is 0 Å². The summed E-state index contributed by atoms with van der Waals surface area (Å²) in [4.78, 5) is 12.8. The van der Waals surface area contributed by atoms with Gasteiger partial charge in [0.1, 0.15) is 0 Å². The minimum absolute atomic E-state index is 0. The number of benzene rings is 1. The monoisotopic (exact) mass is 322 g/mol. The summed E-state index contributed by atoms with van der Waals surface area (Å²) >= 11 is 0. The third-order valence-electron chi connectivity index (χ3n) is 5.46. The van der Waals surface area contributed by atoms with Crippen LogP contribution in [0.1, 0.15) is 44.1 Å². The number of amides is 1.